The van der Waals surface area contributed by atoms with Gasteiger partial charge in [0.1, 0.15) is 5.01 Å². The average Bonchev–Trinajstić information content (AvgIpc) is 3.05. The summed E-state index contributed by atoms with van der Waals surface area (Å²) in [5.74, 6) is -0.0517. The number of thiazole rings is 1. The molecule has 0 saturated heterocycles. The summed E-state index contributed by atoms with van der Waals surface area (Å²) in [5, 5.41) is 13.6. The minimum absolute atomic E-state index is 0.0517. The Kier molecular flexibility index (Phi) is 6.83. The lowest BCUT2D eigenvalue weighted by Crippen LogP contribution is -2.31. The number of aliphatic hydroxyl groups excluding tert-OH is 1. The van der Waals surface area contributed by atoms with Crippen molar-refractivity contribution in [2.75, 3.05) is 6.61 Å². The van der Waals surface area contributed by atoms with Crippen molar-refractivity contribution in [1.82, 2.24) is 10.3 Å². The summed E-state index contributed by atoms with van der Waals surface area (Å²) in [6.45, 7) is 3.99. The summed E-state index contributed by atoms with van der Waals surface area (Å²) in [6, 6.07) is 15.7. The molecule has 1 heterocycles. The predicted octanol–water partition coefficient (Wildman–Crippen LogP) is 4.73. The van der Waals surface area contributed by atoms with Crippen LogP contribution in [0.1, 0.15) is 25.1 Å². The third-order valence-electron chi connectivity index (χ3n) is 4.14. The van der Waals surface area contributed by atoms with E-state index in [2.05, 4.69) is 5.32 Å². The molecule has 0 aliphatic carbocycles. The highest BCUT2D eigenvalue weighted by Gasteiger charge is 2.18. The number of amides is 1. The third-order valence-corrected chi connectivity index (χ3v) is 5.57. The highest BCUT2D eigenvalue weighted by atomic mass is 35.5. The Hall–Kier alpha value is -2.21. The number of nitrogens with zero attached hydrogens (tertiary/aromatic N) is 1. The van der Waals surface area contributed by atoms with E-state index >= 15 is 0 Å². The van der Waals surface area contributed by atoms with Gasteiger partial charge in [0.25, 0.3) is 0 Å². The second-order valence-corrected chi connectivity index (χ2v) is 8.31. The second-order valence-electron chi connectivity index (χ2n) is 6.88. The number of halogens is 1. The molecule has 0 radical (unpaired) electrons. The fourth-order valence-electron chi connectivity index (χ4n) is 2.96. The van der Waals surface area contributed by atoms with Crippen molar-refractivity contribution in [1.29, 1.82) is 0 Å². The van der Waals surface area contributed by atoms with Crippen LogP contribution in [-0.4, -0.2) is 28.6 Å². The molecule has 3 aromatic rings. The van der Waals surface area contributed by atoms with Gasteiger partial charge in [0, 0.05) is 23.2 Å². The lowest BCUT2D eigenvalue weighted by molar-refractivity contribution is -0.120. The molecule has 2 aromatic carbocycles. The van der Waals surface area contributed by atoms with Gasteiger partial charge in [-0.3, -0.25) is 4.79 Å². The number of rotatable bonds is 7. The van der Waals surface area contributed by atoms with Crippen LogP contribution in [0.15, 0.2) is 48.5 Å². The molecule has 1 aromatic heterocycles. The first-order valence-corrected chi connectivity index (χ1v) is 10.4. The van der Waals surface area contributed by atoms with Crippen molar-refractivity contribution in [2.24, 2.45) is 0 Å². The molecule has 0 aliphatic heterocycles. The van der Waals surface area contributed by atoms with Gasteiger partial charge in [0.15, 0.2) is 0 Å². The minimum atomic E-state index is -0.0517. The zero-order valence-corrected chi connectivity index (χ0v) is 17.5. The zero-order valence-electron chi connectivity index (χ0n) is 15.9. The molecule has 1 amide bonds. The van der Waals surface area contributed by atoms with E-state index in [0.29, 0.717) is 11.4 Å². The summed E-state index contributed by atoms with van der Waals surface area (Å²) in [4.78, 5) is 18.1. The van der Waals surface area contributed by atoms with E-state index in [0.717, 1.165) is 32.3 Å². The van der Waals surface area contributed by atoms with E-state index < -0.39 is 0 Å². The zero-order chi connectivity index (χ0) is 20.1. The van der Waals surface area contributed by atoms with Gasteiger partial charge in [0.05, 0.1) is 17.0 Å². The Morgan fingerprint density at radius 1 is 1.18 bits per heavy atom. The van der Waals surface area contributed by atoms with E-state index in [-0.39, 0.29) is 25.0 Å². The quantitative estimate of drug-likeness (QED) is 0.587. The van der Waals surface area contributed by atoms with Gasteiger partial charge >= 0.3 is 0 Å². The van der Waals surface area contributed by atoms with Crippen LogP contribution in [0.5, 0.6) is 0 Å². The fraction of sp³-hybridized carbons (Fsp3) is 0.273. The van der Waals surface area contributed by atoms with Crippen molar-refractivity contribution < 1.29 is 9.90 Å². The molecule has 0 bridgehead atoms. The topological polar surface area (TPSA) is 62.2 Å². The SMILES string of the molecule is CC(C)NC(=O)Cc1nc(-c2cccc(CCO)c2)sc1-c1cccc(Cl)c1. The van der Waals surface area contributed by atoms with E-state index in [9.17, 15) is 9.90 Å². The van der Waals surface area contributed by atoms with Gasteiger partial charge in [-0.2, -0.15) is 0 Å². The maximum Gasteiger partial charge on any atom is 0.226 e. The standard InChI is InChI=1S/C22H23ClN2O2S/c1-14(2)24-20(27)13-19-21(16-6-4-8-18(23)12-16)28-22(25-19)17-7-3-5-15(11-17)9-10-26/h3-8,11-12,14,26H,9-10,13H2,1-2H3,(H,24,27). The first-order valence-electron chi connectivity index (χ1n) is 9.21. The smallest absolute Gasteiger partial charge is 0.226 e. The largest absolute Gasteiger partial charge is 0.396 e. The fourth-order valence-corrected chi connectivity index (χ4v) is 4.23. The predicted molar refractivity (Wildman–Crippen MR) is 116 cm³/mol. The van der Waals surface area contributed by atoms with Gasteiger partial charge < -0.3 is 10.4 Å². The van der Waals surface area contributed by atoms with E-state index in [1.165, 1.54) is 0 Å². The number of carbonyl (C=O) groups excluding carboxylic acids is 1. The second kappa shape index (κ2) is 9.32. The molecule has 0 saturated carbocycles. The molecule has 2 N–H and O–H groups in total. The average molecular weight is 415 g/mol. The van der Waals surface area contributed by atoms with E-state index in [4.69, 9.17) is 16.6 Å². The Labute approximate surface area is 174 Å². The van der Waals surface area contributed by atoms with Crippen molar-refractivity contribution in [3.05, 3.63) is 64.8 Å². The number of benzene rings is 2. The van der Waals surface area contributed by atoms with Gasteiger partial charge in [-0.25, -0.2) is 4.98 Å². The van der Waals surface area contributed by atoms with Crippen molar-refractivity contribution >= 4 is 28.8 Å². The van der Waals surface area contributed by atoms with Crippen LogP contribution in [0.4, 0.5) is 0 Å². The molecule has 3 rings (SSSR count). The normalized spacial score (nSPS) is 11.0. The molecule has 0 aliphatic rings. The van der Waals surface area contributed by atoms with Crippen LogP contribution < -0.4 is 5.32 Å². The molecule has 0 atom stereocenters. The molecule has 6 heteroatoms. The lowest BCUT2D eigenvalue weighted by atomic mass is 10.1. The molecule has 4 nitrogen and oxygen atoms in total. The molecule has 146 valence electrons. The van der Waals surface area contributed by atoms with Crippen molar-refractivity contribution in [3.63, 3.8) is 0 Å². The van der Waals surface area contributed by atoms with Crippen LogP contribution in [0.25, 0.3) is 21.0 Å². The van der Waals surface area contributed by atoms with Crippen LogP contribution >= 0.6 is 22.9 Å². The molecule has 0 spiro atoms. The minimum Gasteiger partial charge on any atom is -0.396 e. The van der Waals surface area contributed by atoms with Crippen LogP contribution in [-0.2, 0) is 17.6 Å². The van der Waals surface area contributed by atoms with Gasteiger partial charge in [0.2, 0.25) is 5.91 Å². The Morgan fingerprint density at radius 3 is 2.64 bits per heavy atom. The summed E-state index contributed by atoms with van der Waals surface area (Å²) in [7, 11) is 0. The maximum atomic E-state index is 12.4. The summed E-state index contributed by atoms with van der Waals surface area (Å²) >= 11 is 7.73. The Bertz CT molecular complexity index is 969. The van der Waals surface area contributed by atoms with Crippen LogP contribution in [0.3, 0.4) is 0 Å². The Morgan fingerprint density at radius 2 is 1.93 bits per heavy atom. The van der Waals surface area contributed by atoms with E-state index in [1.54, 1.807) is 11.3 Å². The van der Waals surface area contributed by atoms with E-state index in [1.807, 2.05) is 62.4 Å². The lowest BCUT2D eigenvalue weighted by Gasteiger charge is -2.08. The summed E-state index contributed by atoms with van der Waals surface area (Å²) < 4.78 is 0. The van der Waals surface area contributed by atoms with Gasteiger partial charge in [-0.1, -0.05) is 41.9 Å². The van der Waals surface area contributed by atoms with Crippen LogP contribution in [0, 0.1) is 0 Å². The van der Waals surface area contributed by atoms with Crippen molar-refractivity contribution in [2.45, 2.75) is 32.7 Å². The first kappa shape index (κ1) is 20.5. The molecular formula is C22H23ClN2O2S. The molecule has 0 fully saturated rings. The number of hydrogen-bond donors (Lipinski definition) is 2. The third kappa shape index (κ3) is 5.19. The molecule has 28 heavy (non-hydrogen) atoms. The number of carbonyl (C=O) groups is 1. The molecule has 0 unspecified atom stereocenters. The van der Waals surface area contributed by atoms with Gasteiger partial charge in [-0.05, 0) is 49.6 Å². The first-order chi connectivity index (χ1) is 13.5. The van der Waals surface area contributed by atoms with Gasteiger partial charge in [-0.15, -0.1) is 11.3 Å². The monoisotopic (exact) mass is 414 g/mol. The highest BCUT2D eigenvalue weighted by molar-refractivity contribution is 7.18. The number of aliphatic hydroxyl groups is 1. The van der Waals surface area contributed by atoms with Crippen molar-refractivity contribution in [3.8, 4) is 21.0 Å². The number of nitrogens with one attached hydrogen (secondary N) is 1. The maximum absolute atomic E-state index is 12.4. The number of hydrogen-bond acceptors (Lipinski definition) is 4. The Balaban J connectivity index is 2.02. The highest BCUT2D eigenvalue weighted by Crippen LogP contribution is 2.37. The summed E-state index contributed by atoms with van der Waals surface area (Å²) in [5.41, 5.74) is 3.73. The van der Waals surface area contributed by atoms with Crippen LogP contribution in [0.2, 0.25) is 5.02 Å². The summed E-state index contributed by atoms with van der Waals surface area (Å²) in [6.07, 6.45) is 0.816. The molecular weight excluding hydrogens is 392 g/mol. The number of aromatic nitrogens is 1.